The molecule has 1 nitrogen and oxygen atoms in total. The van der Waals surface area contributed by atoms with Gasteiger partial charge in [0, 0.05) is 0 Å². The van der Waals surface area contributed by atoms with E-state index in [0.717, 1.165) is 5.76 Å². The first-order valence-electron chi connectivity index (χ1n) is 3.71. The van der Waals surface area contributed by atoms with Gasteiger partial charge in [-0.05, 0) is 26.7 Å². The van der Waals surface area contributed by atoms with Gasteiger partial charge in [-0.25, -0.2) is 0 Å². The molecule has 0 amide bonds. The van der Waals surface area contributed by atoms with Gasteiger partial charge in [0.15, 0.2) is 0 Å². The van der Waals surface area contributed by atoms with E-state index in [0.29, 0.717) is 5.92 Å². The van der Waals surface area contributed by atoms with Crippen LogP contribution in [0.2, 0.25) is 0 Å². The third-order valence-corrected chi connectivity index (χ3v) is 1.83. The minimum atomic E-state index is -0.0775. The van der Waals surface area contributed by atoms with Crippen LogP contribution in [0.1, 0.15) is 34.6 Å². The highest BCUT2D eigenvalue weighted by Crippen LogP contribution is 2.22. The maximum absolute atomic E-state index is 5.50. The summed E-state index contributed by atoms with van der Waals surface area (Å²) in [6.45, 7) is 14.0. The van der Waals surface area contributed by atoms with E-state index in [2.05, 4.69) is 34.3 Å². The molecular weight excluding hydrogens is 124 g/mol. The smallest absolute Gasteiger partial charge is 0.105 e. The Bertz CT molecular complexity index is 123. The Morgan fingerprint density at radius 1 is 1.40 bits per heavy atom. The number of ether oxygens (including phenoxy) is 1. The van der Waals surface area contributed by atoms with Crippen molar-refractivity contribution in [2.45, 2.75) is 40.2 Å². The zero-order valence-corrected chi connectivity index (χ0v) is 7.69. The highest BCUT2D eigenvalue weighted by atomic mass is 16.5. The molecule has 0 aliphatic heterocycles. The molecule has 60 valence electrons. The summed E-state index contributed by atoms with van der Waals surface area (Å²) in [7, 11) is 0. The molecule has 0 bridgehead atoms. The molecule has 0 spiro atoms. The van der Waals surface area contributed by atoms with Crippen LogP contribution in [-0.2, 0) is 4.74 Å². The van der Waals surface area contributed by atoms with E-state index in [-0.39, 0.29) is 5.60 Å². The van der Waals surface area contributed by atoms with Crippen molar-refractivity contribution in [3.63, 3.8) is 0 Å². The molecule has 0 fully saturated rings. The molecule has 0 rings (SSSR count). The lowest BCUT2D eigenvalue weighted by Crippen LogP contribution is -2.29. The van der Waals surface area contributed by atoms with Crippen molar-refractivity contribution in [2.75, 3.05) is 0 Å². The fraction of sp³-hybridized carbons (Fsp3) is 0.778. The number of allylic oxidation sites excluding steroid dienone is 1. The molecule has 0 unspecified atom stereocenters. The Hall–Kier alpha value is -0.460. The van der Waals surface area contributed by atoms with E-state index >= 15 is 0 Å². The molecule has 0 aromatic carbocycles. The Labute approximate surface area is 64.1 Å². The van der Waals surface area contributed by atoms with Gasteiger partial charge in [0.2, 0.25) is 0 Å². The zero-order valence-electron chi connectivity index (χ0n) is 7.69. The van der Waals surface area contributed by atoms with E-state index in [1.807, 2.05) is 6.92 Å². The number of rotatable bonds is 3. The van der Waals surface area contributed by atoms with Gasteiger partial charge in [-0.3, -0.25) is 0 Å². The van der Waals surface area contributed by atoms with E-state index in [1.165, 1.54) is 0 Å². The average molecular weight is 142 g/mol. The quantitative estimate of drug-likeness (QED) is 0.550. The van der Waals surface area contributed by atoms with Gasteiger partial charge < -0.3 is 4.74 Å². The van der Waals surface area contributed by atoms with E-state index in [9.17, 15) is 0 Å². The van der Waals surface area contributed by atoms with Crippen LogP contribution in [-0.4, -0.2) is 5.60 Å². The van der Waals surface area contributed by atoms with Crippen molar-refractivity contribution in [3.05, 3.63) is 12.3 Å². The SMILES string of the molecule is C=C(C)OC(C)(C)C(C)C. The predicted octanol–water partition coefficient (Wildman–Crippen LogP) is 2.97. The molecule has 0 saturated carbocycles. The van der Waals surface area contributed by atoms with Gasteiger partial charge in [-0.1, -0.05) is 20.4 Å². The lowest BCUT2D eigenvalue weighted by atomic mass is 9.95. The summed E-state index contributed by atoms with van der Waals surface area (Å²) in [5.74, 6) is 1.31. The summed E-state index contributed by atoms with van der Waals surface area (Å²) in [5, 5.41) is 0. The lowest BCUT2D eigenvalue weighted by Gasteiger charge is -2.30. The third-order valence-electron chi connectivity index (χ3n) is 1.83. The van der Waals surface area contributed by atoms with Crippen LogP contribution < -0.4 is 0 Å². The van der Waals surface area contributed by atoms with Crippen molar-refractivity contribution < 1.29 is 4.74 Å². The first-order chi connectivity index (χ1) is 4.36. The largest absolute Gasteiger partial charge is 0.493 e. The van der Waals surface area contributed by atoms with Crippen LogP contribution in [0.15, 0.2) is 12.3 Å². The summed E-state index contributed by atoms with van der Waals surface area (Å²) in [6, 6.07) is 0. The first-order valence-corrected chi connectivity index (χ1v) is 3.71. The molecule has 0 aromatic rings. The van der Waals surface area contributed by atoms with Crippen LogP contribution in [0.3, 0.4) is 0 Å². The number of hydrogen-bond acceptors (Lipinski definition) is 1. The second-order valence-electron chi connectivity index (χ2n) is 3.56. The van der Waals surface area contributed by atoms with Crippen LogP contribution >= 0.6 is 0 Å². The fourth-order valence-electron chi connectivity index (χ4n) is 0.567. The van der Waals surface area contributed by atoms with Crippen LogP contribution in [0, 0.1) is 5.92 Å². The fourth-order valence-corrected chi connectivity index (χ4v) is 0.567. The summed E-state index contributed by atoms with van der Waals surface area (Å²) >= 11 is 0. The molecule has 0 aliphatic rings. The zero-order chi connectivity index (χ0) is 8.36. The standard InChI is InChI=1S/C9H18O/c1-7(2)9(5,6)10-8(3)4/h7H,3H2,1-2,4-6H3. The van der Waals surface area contributed by atoms with E-state index in [4.69, 9.17) is 4.74 Å². The topological polar surface area (TPSA) is 9.23 Å². The molecular formula is C9H18O. The van der Waals surface area contributed by atoms with Gasteiger partial charge in [0.1, 0.15) is 5.60 Å². The maximum Gasteiger partial charge on any atom is 0.105 e. The van der Waals surface area contributed by atoms with Gasteiger partial charge in [0.25, 0.3) is 0 Å². The number of hydrogen-bond donors (Lipinski definition) is 0. The molecule has 0 heterocycles. The molecule has 0 aromatic heterocycles. The van der Waals surface area contributed by atoms with Crippen molar-refractivity contribution in [3.8, 4) is 0 Å². The third kappa shape index (κ3) is 2.90. The second-order valence-corrected chi connectivity index (χ2v) is 3.56. The molecule has 10 heavy (non-hydrogen) atoms. The Kier molecular flexibility index (Phi) is 2.95. The lowest BCUT2D eigenvalue weighted by molar-refractivity contribution is -0.00296. The average Bonchev–Trinajstić information content (AvgIpc) is 1.60. The molecule has 1 heteroatoms. The Balaban J connectivity index is 3.99. The van der Waals surface area contributed by atoms with Crippen molar-refractivity contribution in [1.29, 1.82) is 0 Å². The summed E-state index contributed by atoms with van der Waals surface area (Å²) in [5.41, 5.74) is -0.0775. The second kappa shape index (κ2) is 3.09. The van der Waals surface area contributed by atoms with Crippen LogP contribution in [0.4, 0.5) is 0 Å². The monoisotopic (exact) mass is 142 g/mol. The van der Waals surface area contributed by atoms with Gasteiger partial charge in [-0.15, -0.1) is 0 Å². The maximum atomic E-state index is 5.50. The normalized spacial score (nSPS) is 11.8. The van der Waals surface area contributed by atoms with Gasteiger partial charge in [-0.2, -0.15) is 0 Å². The minimum absolute atomic E-state index is 0.0775. The summed E-state index contributed by atoms with van der Waals surface area (Å²) < 4.78 is 5.50. The van der Waals surface area contributed by atoms with Crippen molar-refractivity contribution >= 4 is 0 Å². The van der Waals surface area contributed by atoms with Crippen LogP contribution in [0.5, 0.6) is 0 Å². The van der Waals surface area contributed by atoms with E-state index in [1.54, 1.807) is 0 Å². The summed E-state index contributed by atoms with van der Waals surface area (Å²) in [6.07, 6.45) is 0. The summed E-state index contributed by atoms with van der Waals surface area (Å²) in [4.78, 5) is 0. The Morgan fingerprint density at radius 3 is 1.90 bits per heavy atom. The molecule has 0 saturated heterocycles. The highest BCUT2D eigenvalue weighted by Gasteiger charge is 2.23. The minimum Gasteiger partial charge on any atom is -0.493 e. The predicted molar refractivity (Wildman–Crippen MR) is 44.8 cm³/mol. The van der Waals surface area contributed by atoms with E-state index < -0.39 is 0 Å². The molecule has 0 aliphatic carbocycles. The van der Waals surface area contributed by atoms with Crippen molar-refractivity contribution in [1.82, 2.24) is 0 Å². The van der Waals surface area contributed by atoms with Gasteiger partial charge in [0.05, 0.1) is 5.76 Å². The molecule has 0 N–H and O–H groups in total. The Morgan fingerprint density at radius 2 is 1.80 bits per heavy atom. The van der Waals surface area contributed by atoms with Crippen LogP contribution in [0.25, 0.3) is 0 Å². The first kappa shape index (κ1) is 9.54. The highest BCUT2D eigenvalue weighted by molar-refractivity contribution is 4.83. The van der Waals surface area contributed by atoms with Gasteiger partial charge >= 0.3 is 0 Å². The van der Waals surface area contributed by atoms with Crippen molar-refractivity contribution in [2.24, 2.45) is 5.92 Å². The molecule has 0 radical (unpaired) electrons. The molecule has 0 atom stereocenters.